The molecule has 1 N–H and O–H groups in total. The van der Waals surface area contributed by atoms with Gasteiger partial charge in [0, 0.05) is 5.69 Å². The third kappa shape index (κ3) is 2.83. The van der Waals surface area contributed by atoms with Crippen molar-refractivity contribution < 1.29 is 4.79 Å². The van der Waals surface area contributed by atoms with Crippen LogP contribution < -0.4 is 5.32 Å². The van der Waals surface area contributed by atoms with E-state index in [1.54, 1.807) is 18.2 Å². The fraction of sp³-hybridized carbons (Fsp3) is 0.188. The Morgan fingerprint density at radius 2 is 1.85 bits per heavy atom. The molecule has 0 fully saturated rings. The Morgan fingerprint density at radius 3 is 2.55 bits per heavy atom. The molecule has 0 bridgehead atoms. The van der Waals surface area contributed by atoms with Gasteiger partial charge in [-0.1, -0.05) is 12.1 Å². The Labute approximate surface area is 118 Å². The zero-order valence-corrected chi connectivity index (χ0v) is 11.7. The number of amides is 1. The highest BCUT2D eigenvalue weighted by Gasteiger charge is 2.10. The molecule has 0 atom stereocenters. The van der Waals surface area contributed by atoms with Crippen molar-refractivity contribution in [2.24, 2.45) is 0 Å². The predicted octanol–water partition coefficient (Wildman–Crippen LogP) is 3.13. The summed E-state index contributed by atoms with van der Waals surface area (Å²) in [5.74, 6) is -0.312. The number of hydrogen-bond donors (Lipinski definition) is 1. The number of nitrogens with zero attached hydrogens (tertiary/aromatic N) is 2. The lowest BCUT2D eigenvalue weighted by molar-refractivity contribution is 0.102. The molecule has 1 amide bonds. The zero-order chi connectivity index (χ0) is 14.7. The van der Waals surface area contributed by atoms with Crippen molar-refractivity contribution >= 4 is 11.6 Å². The van der Waals surface area contributed by atoms with E-state index in [1.807, 2.05) is 39.0 Å². The molecule has 0 unspecified atom stereocenters. The molecule has 2 aromatic rings. The van der Waals surface area contributed by atoms with Crippen molar-refractivity contribution in [1.29, 1.82) is 5.26 Å². The molecule has 4 nitrogen and oxygen atoms in total. The normalized spacial score (nSPS) is 9.90. The fourth-order valence-electron chi connectivity index (χ4n) is 1.90. The number of anilines is 1. The third-order valence-electron chi connectivity index (χ3n) is 3.19. The minimum absolute atomic E-state index is 0.231. The number of carbonyl (C=O) groups excluding carboxylic acids is 1. The highest BCUT2D eigenvalue weighted by atomic mass is 16.1. The molecule has 0 saturated heterocycles. The van der Waals surface area contributed by atoms with Crippen LogP contribution in [0.4, 0.5) is 5.69 Å². The summed E-state index contributed by atoms with van der Waals surface area (Å²) >= 11 is 0. The van der Waals surface area contributed by atoms with Gasteiger partial charge in [-0.25, -0.2) is 4.98 Å². The Balaban J connectivity index is 2.28. The average molecular weight is 265 g/mol. The molecule has 0 aliphatic rings. The van der Waals surface area contributed by atoms with Gasteiger partial charge in [-0.3, -0.25) is 4.79 Å². The van der Waals surface area contributed by atoms with Gasteiger partial charge in [-0.05, 0) is 55.7 Å². The van der Waals surface area contributed by atoms with E-state index >= 15 is 0 Å². The molecule has 0 aliphatic carbocycles. The molecule has 20 heavy (non-hydrogen) atoms. The summed E-state index contributed by atoms with van der Waals surface area (Å²) in [5, 5.41) is 11.6. The number of nitrogens with one attached hydrogen (secondary N) is 1. The molecule has 0 spiro atoms. The van der Waals surface area contributed by atoms with Crippen LogP contribution in [0.15, 0.2) is 30.3 Å². The number of nitriles is 1. The van der Waals surface area contributed by atoms with Crippen molar-refractivity contribution in [2.75, 3.05) is 5.32 Å². The van der Waals surface area contributed by atoms with Crippen LogP contribution >= 0.6 is 0 Å². The van der Waals surface area contributed by atoms with Crippen LogP contribution in [-0.2, 0) is 0 Å². The smallest absolute Gasteiger partial charge is 0.274 e. The molecule has 0 aliphatic heterocycles. The number of hydrogen-bond acceptors (Lipinski definition) is 3. The van der Waals surface area contributed by atoms with E-state index in [2.05, 4.69) is 10.3 Å². The van der Waals surface area contributed by atoms with Gasteiger partial charge in [0.2, 0.25) is 0 Å². The minimum Gasteiger partial charge on any atom is -0.320 e. The molecule has 1 aromatic heterocycles. The lowest BCUT2D eigenvalue weighted by Crippen LogP contribution is -2.15. The summed E-state index contributed by atoms with van der Waals surface area (Å²) in [7, 11) is 0. The van der Waals surface area contributed by atoms with Crippen molar-refractivity contribution in [3.8, 4) is 6.07 Å². The van der Waals surface area contributed by atoms with E-state index in [4.69, 9.17) is 5.26 Å². The average Bonchev–Trinajstić information content (AvgIpc) is 2.44. The molecule has 1 aromatic carbocycles. The van der Waals surface area contributed by atoms with Crippen LogP contribution in [0.5, 0.6) is 0 Å². The maximum Gasteiger partial charge on any atom is 0.274 e. The third-order valence-corrected chi connectivity index (χ3v) is 3.19. The number of carbonyl (C=O) groups is 1. The summed E-state index contributed by atoms with van der Waals surface area (Å²) < 4.78 is 0. The first-order valence-corrected chi connectivity index (χ1v) is 6.27. The van der Waals surface area contributed by atoms with Crippen LogP contribution in [-0.4, -0.2) is 10.9 Å². The van der Waals surface area contributed by atoms with Gasteiger partial charge in [0.05, 0.1) is 0 Å². The number of aromatic nitrogens is 1. The van der Waals surface area contributed by atoms with Gasteiger partial charge < -0.3 is 5.32 Å². The van der Waals surface area contributed by atoms with E-state index < -0.39 is 0 Å². The van der Waals surface area contributed by atoms with E-state index in [-0.39, 0.29) is 17.3 Å². The standard InChI is InChI=1S/C16H15N3O/c1-10-7-12(3)15(8-11(10)2)19-16(20)14-6-4-5-13(9-17)18-14/h4-8H,1-3H3,(H,19,20). The number of benzene rings is 1. The number of pyridine rings is 1. The Morgan fingerprint density at radius 1 is 1.15 bits per heavy atom. The van der Waals surface area contributed by atoms with Gasteiger partial charge in [-0.2, -0.15) is 5.26 Å². The molecule has 4 heteroatoms. The summed E-state index contributed by atoms with van der Waals surface area (Å²) in [6.07, 6.45) is 0. The van der Waals surface area contributed by atoms with E-state index in [0.717, 1.165) is 16.8 Å². The van der Waals surface area contributed by atoms with E-state index in [9.17, 15) is 4.79 Å². The topological polar surface area (TPSA) is 65.8 Å². The van der Waals surface area contributed by atoms with Gasteiger partial charge in [0.15, 0.2) is 0 Å². The second-order valence-electron chi connectivity index (χ2n) is 4.73. The molecule has 1 heterocycles. The summed E-state index contributed by atoms with van der Waals surface area (Å²) in [4.78, 5) is 16.1. The summed E-state index contributed by atoms with van der Waals surface area (Å²) in [6, 6.07) is 10.7. The lowest BCUT2D eigenvalue weighted by atomic mass is 10.0. The van der Waals surface area contributed by atoms with E-state index in [0.29, 0.717) is 0 Å². The van der Waals surface area contributed by atoms with Gasteiger partial charge >= 0.3 is 0 Å². The quantitative estimate of drug-likeness (QED) is 0.907. The molecule has 0 saturated carbocycles. The summed E-state index contributed by atoms with van der Waals surface area (Å²) in [6.45, 7) is 5.98. The zero-order valence-electron chi connectivity index (χ0n) is 11.7. The second kappa shape index (κ2) is 5.54. The van der Waals surface area contributed by atoms with Gasteiger partial charge in [0.25, 0.3) is 5.91 Å². The van der Waals surface area contributed by atoms with Crippen LogP contribution in [0.1, 0.15) is 32.9 Å². The van der Waals surface area contributed by atoms with Gasteiger partial charge in [0.1, 0.15) is 17.5 Å². The van der Waals surface area contributed by atoms with Crippen LogP contribution in [0.3, 0.4) is 0 Å². The van der Waals surface area contributed by atoms with E-state index in [1.165, 1.54) is 5.56 Å². The van der Waals surface area contributed by atoms with Crippen molar-refractivity contribution in [3.63, 3.8) is 0 Å². The SMILES string of the molecule is Cc1cc(C)c(NC(=O)c2cccc(C#N)n2)cc1C. The largest absolute Gasteiger partial charge is 0.320 e. The predicted molar refractivity (Wildman–Crippen MR) is 77.6 cm³/mol. The van der Waals surface area contributed by atoms with Gasteiger partial charge in [-0.15, -0.1) is 0 Å². The fourth-order valence-corrected chi connectivity index (χ4v) is 1.90. The van der Waals surface area contributed by atoms with Crippen molar-refractivity contribution in [2.45, 2.75) is 20.8 Å². The van der Waals surface area contributed by atoms with Crippen LogP contribution in [0.2, 0.25) is 0 Å². The first-order valence-electron chi connectivity index (χ1n) is 6.27. The number of rotatable bonds is 2. The monoisotopic (exact) mass is 265 g/mol. The minimum atomic E-state index is -0.312. The molecular formula is C16H15N3O. The Bertz CT molecular complexity index is 714. The summed E-state index contributed by atoms with van der Waals surface area (Å²) in [5.41, 5.74) is 4.53. The second-order valence-corrected chi connectivity index (χ2v) is 4.73. The highest BCUT2D eigenvalue weighted by molar-refractivity contribution is 6.03. The highest BCUT2D eigenvalue weighted by Crippen LogP contribution is 2.20. The molecule has 2 rings (SSSR count). The number of aryl methyl sites for hydroxylation is 3. The maximum atomic E-state index is 12.1. The molecule has 100 valence electrons. The maximum absolute atomic E-state index is 12.1. The van der Waals surface area contributed by atoms with Crippen LogP contribution in [0, 0.1) is 32.1 Å². The first-order chi connectivity index (χ1) is 9.51. The van der Waals surface area contributed by atoms with Crippen molar-refractivity contribution in [3.05, 3.63) is 58.4 Å². The first kappa shape index (κ1) is 13.8. The van der Waals surface area contributed by atoms with Crippen LogP contribution in [0.25, 0.3) is 0 Å². The Kier molecular flexibility index (Phi) is 3.81. The van der Waals surface area contributed by atoms with Crippen molar-refractivity contribution in [1.82, 2.24) is 4.98 Å². The Hall–Kier alpha value is -2.67. The molecule has 0 radical (unpaired) electrons. The lowest BCUT2D eigenvalue weighted by Gasteiger charge is -2.11. The molecular weight excluding hydrogens is 250 g/mol.